The van der Waals surface area contributed by atoms with E-state index >= 15 is 0 Å². The minimum Gasteiger partial charge on any atom is -0.315 e. The third-order valence-corrected chi connectivity index (χ3v) is 3.86. The molecular formula is C16H17FN2O. The minimum atomic E-state index is -0.371. The normalized spacial score (nSPS) is 17.1. The molecule has 0 aliphatic heterocycles. The van der Waals surface area contributed by atoms with Crippen LogP contribution in [0.3, 0.4) is 0 Å². The molecule has 0 N–H and O–H groups in total. The lowest BCUT2D eigenvalue weighted by Crippen LogP contribution is -2.28. The lowest BCUT2D eigenvalue weighted by molar-refractivity contribution is 0.0911. The second-order valence-corrected chi connectivity index (χ2v) is 6.25. The van der Waals surface area contributed by atoms with Crippen LogP contribution in [-0.2, 0) is 6.42 Å². The fourth-order valence-electron chi connectivity index (χ4n) is 3.04. The number of Topliss-reactive ketones (excluding diaryl/α,β-unsaturated/α-hetero) is 1. The lowest BCUT2D eigenvalue weighted by atomic mass is 9.76. The lowest BCUT2D eigenvalue weighted by Gasteiger charge is -2.29. The van der Waals surface area contributed by atoms with Gasteiger partial charge in [0.05, 0.1) is 11.9 Å². The van der Waals surface area contributed by atoms with Crippen LogP contribution in [-0.4, -0.2) is 15.3 Å². The predicted molar refractivity (Wildman–Crippen MR) is 74.7 cm³/mol. The van der Waals surface area contributed by atoms with Crippen molar-refractivity contribution in [1.82, 2.24) is 9.55 Å². The van der Waals surface area contributed by atoms with E-state index in [9.17, 15) is 9.18 Å². The van der Waals surface area contributed by atoms with Crippen LogP contribution < -0.4 is 0 Å². The molecular weight excluding hydrogens is 255 g/mol. The maximum absolute atomic E-state index is 14.0. The van der Waals surface area contributed by atoms with Gasteiger partial charge >= 0.3 is 0 Å². The highest BCUT2D eigenvalue weighted by molar-refractivity contribution is 5.99. The summed E-state index contributed by atoms with van der Waals surface area (Å²) in [6.07, 6.45) is 4.09. The summed E-state index contributed by atoms with van der Waals surface area (Å²) in [4.78, 5) is 16.0. The number of pyridine rings is 1. The zero-order valence-corrected chi connectivity index (χ0v) is 11.9. The van der Waals surface area contributed by atoms with Gasteiger partial charge < -0.3 is 4.57 Å². The molecule has 20 heavy (non-hydrogen) atoms. The second-order valence-electron chi connectivity index (χ2n) is 6.25. The number of fused-ring (bicyclic) bond motifs is 1. The van der Waals surface area contributed by atoms with Crippen molar-refractivity contribution in [2.75, 3.05) is 0 Å². The summed E-state index contributed by atoms with van der Waals surface area (Å²) >= 11 is 0. The third kappa shape index (κ3) is 1.96. The molecule has 3 nitrogen and oxygen atoms in total. The van der Waals surface area contributed by atoms with E-state index < -0.39 is 0 Å². The van der Waals surface area contributed by atoms with E-state index in [0.717, 1.165) is 23.4 Å². The Bertz CT molecular complexity index is 700. The monoisotopic (exact) mass is 272 g/mol. The van der Waals surface area contributed by atoms with Crippen molar-refractivity contribution in [2.24, 2.45) is 5.41 Å². The van der Waals surface area contributed by atoms with Crippen LogP contribution in [0.25, 0.3) is 5.69 Å². The molecule has 0 saturated heterocycles. The number of carbonyl (C=O) groups is 1. The maximum atomic E-state index is 14.0. The quantitative estimate of drug-likeness (QED) is 0.796. The number of aryl methyl sites for hydroxylation is 1. The number of rotatable bonds is 1. The predicted octanol–water partition coefficient (Wildman–Crippen LogP) is 3.47. The van der Waals surface area contributed by atoms with Crippen LogP contribution in [0.2, 0.25) is 0 Å². The molecule has 0 aromatic carbocycles. The number of hydrogen-bond donors (Lipinski definition) is 0. The molecule has 0 fully saturated rings. The number of halogens is 1. The first-order chi connectivity index (χ1) is 9.39. The molecule has 3 rings (SSSR count). The van der Waals surface area contributed by atoms with Gasteiger partial charge in [0, 0.05) is 29.6 Å². The standard InChI is InChI=1S/C16H17FN2O/c1-10-6-11-14(7-16(2,3)8-15(11)20)19(10)13-4-5-18-9-12(13)17/h4-6,9H,7-8H2,1-3H3. The average molecular weight is 272 g/mol. The zero-order chi connectivity index (χ0) is 14.5. The zero-order valence-electron chi connectivity index (χ0n) is 11.9. The van der Waals surface area contributed by atoms with Gasteiger partial charge in [0.15, 0.2) is 11.6 Å². The van der Waals surface area contributed by atoms with Crippen molar-refractivity contribution in [2.45, 2.75) is 33.6 Å². The van der Waals surface area contributed by atoms with E-state index in [0.29, 0.717) is 12.1 Å². The molecule has 1 aliphatic carbocycles. The van der Waals surface area contributed by atoms with E-state index in [1.165, 1.54) is 6.20 Å². The Morgan fingerprint density at radius 3 is 2.80 bits per heavy atom. The molecule has 0 spiro atoms. The van der Waals surface area contributed by atoms with E-state index in [2.05, 4.69) is 18.8 Å². The molecule has 0 radical (unpaired) electrons. The second kappa shape index (κ2) is 4.27. The van der Waals surface area contributed by atoms with Gasteiger partial charge in [-0.05, 0) is 30.9 Å². The largest absolute Gasteiger partial charge is 0.315 e. The highest BCUT2D eigenvalue weighted by Crippen LogP contribution is 2.37. The van der Waals surface area contributed by atoms with Gasteiger partial charge in [0.2, 0.25) is 0 Å². The fourth-order valence-corrected chi connectivity index (χ4v) is 3.04. The van der Waals surface area contributed by atoms with Gasteiger partial charge in [-0.25, -0.2) is 4.39 Å². The molecule has 0 amide bonds. The van der Waals surface area contributed by atoms with Gasteiger partial charge in [0.1, 0.15) is 0 Å². The summed E-state index contributed by atoms with van der Waals surface area (Å²) in [5.41, 5.74) is 2.90. The molecule has 4 heteroatoms. The molecule has 104 valence electrons. The number of carbonyl (C=O) groups excluding carboxylic acids is 1. The number of aromatic nitrogens is 2. The molecule has 0 unspecified atom stereocenters. The summed E-state index contributed by atoms with van der Waals surface area (Å²) < 4.78 is 15.9. The van der Waals surface area contributed by atoms with Crippen molar-refractivity contribution < 1.29 is 9.18 Å². The smallest absolute Gasteiger partial charge is 0.165 e. The topological polar surface area (TPSA) is 34.9 Å². The van der Waals surface area contributed by atoms with Gasteiger partial charge in [-0.2, -0.15) is 0 Å². The Hall–Kier alpha value is -1.97. The first-order valence-electron chi connectivity index (χ1n) is 6.73. The number of ketones is 1. The van der Waals surface area contributed by atoms with Crippen molar-refractivity contribution in [1.29, 1.82) is 0 Å². The summed E-state index contributed by atoms with van der Waals surface area (Å²) in [5.74, 6) is -0.225. The van der Waals surface area contributed by atoms with Crippen LogP contribution in [0.1, 0.15) is 42.0 Å². The van der Waals surface area contributed by atoms with E-state index in [4.69, 9.17) is 0 Å². The van der Waals surface area contributed by atoms with Crippen molar-refractivity contribution in [3.63, 3.8) is 0 Å². The van der Waals surface area contributed by atoms with Gasteiger partial charge in [-0.1, -0.05) is 13.8 Å². The van der Waals surface area contributed by atoms with E-state index in [1.807, 2.05) is 17.6 Å². The van der Waals surface area contributed by atoms with Crippen LogP contribution in [0.5, 0.6) is 0 Å². The van der Waals surface area contributed by atoms with Crippen LogP contribution in [0.4, 0.5) is 4.39 Å². The SMILES string of the molecule is Cc1cc2c(n1-c1ccncc1F)CC(C)(C)CC2=O. The maximum Gasteiger partial charge on any atom is 0.165 e. The van der Waals surface area contributed by atoms with Gasteiger partial charge in [-0.15, -0.1) is 0 Å². The number of nitrogens with zero attached hydrogens (tertiary/aromatic N) is 2. The van der Waals surface area contributed by atoms with Crippen LogP contribution in [0, 0.1) is 18.2 Å². The fraction of sp³-hybridized carbons (Fsp3) is 0.375. The first-order valence-corrected chi connectivity index (χ1v) is 6.73. The Morgan fingerprint density at radius 2 is 2.10 bits per heavy atom. The highest BCUT2D eigenvalue weighted by Gasteiger charge is 2.34. The molecule has 1 aliphatic rings. The van der Waals surface area contributed by atoms with Crippen LogP contribution in [0.15, 0.2) is 24.5 Å². The van der Waals surface area contributed by atoms with E-state index in [-0.39, 0.29) is 17.0 Å². The molecule has 0 atom stereocenters. The molecule has 2 aromatic heterocycles. The van der Waals surface area contributed by atoms with Crippen LogP contribution >= 0.6 is 0 Å². The van der Waals surface area contributed by atoms with E-state index in [1.54, 1.807) is 12.3 Å². The average Bonchev–Trinajstić information content (AvgIpc) is 2.66. The molecule has 2 aromatic rings. The molecule has 0 saturated carbocycles. The van der Waals surface area contributed by atoms with Crippen molar-refractivity contribution >= 4 is 5.78 Å². The number of hydrogen-bond acceptors (Lipinski definition) is 2. The highest BCUT2D eigenvalue weighted by atomic mass is 19.1. The summed E-state index contributed by atoms with van der Waals surface area (Å²) in [7, 11) is 0. The van der Waals surface area contributed by atoms with Gasteiger partial charge in [0.25, 0.3) is 0 Å². The summed E-state index contributed by atoms with van der Waals surface area (Å²) in [6, 6.07) is 3.52. The Morgan fingerprint density at radius 1 is 1.35 bits per heavy atom. The third-order valence-electron chi connectivity index (χ3n) is 3.86. The van der Waals surface area contributed by atoms with Crippen molar-refractivity contribution in [3.05, 3.63) is 47.3 Å². The molecule has 0 bridgehead atoms. The Balaban J connectivity index is 2.24. The summed E-state index contributed by atoms with van der Waals surface area (Å²) in [6.45, 7) is 6.05. The Kier molecular flexibility index (Phi) is 2.78. The minimum absolute atomic E-state index is 0.0872. The summed E-state index contributed by atoms with van der Waals surface area (Å²) in [5, 5.41) is 0. The Labute approximate surface area is 117 Å². The molecule has 2 heterocycles. The first kappa shape index (κ1) is 13.0. The van der Waals surface area contributed by atoms with Crippen molar-refractivity contribution in [3.8, 4) is 5.69 Å². The van der Waals surface area contributed by atoms with Gasteiger partial charge in [-0.3, -0.25) is 9.78 Å².